The Kier molecular flexibility index (Phi) is 5.55. The summed E-state index contributed by atoms with van der Waals surface area (Å²) in [6.07, 6.45) is 4.35. The van der Waals surface area contributed by atoms with E-state index in [1.807, 2.05) is 17.0 Å². The van der Waals surface area contributed by atoms with Crippen LogP contribution in [0.2, 0.25) is 0 Å². The van der Waals surface area contributed by atoms with Crippen LogP contribution in [0, 0.1) is 0 Å². The summed E-state index contributed by atoms with van der Waals surface area (Å²) < 4.78 is 11.8. The molecule has 1 aliphatic heterocycles. The Balaban J connectivity index is 1.62. The van der Waals surface area contributed by atoms with Gasteiger partial charge in [0, 0.05) is 13.6 Å². The van der Waals surface area contributed by atoms with Gasteiger partial charge in [0.25, 0.3) is 11.8 Å². The first-order valence-electron chi connectivity index (χ1n) is 9.61. The normalized spacial score (nSPS) is 21.9. The minimum absolute atomic E-state index is 0.0453. The number of benzene rings is 1. The summed E-state index contributed by atoms with van der Waals surface area (Å²) in [6.45, 7) is 1.14. The minimum atomic E-state index is -0.302. The molecule has 2 amide bonds. The van der Waals surface area contributed by atoms with Crippen molar-refractivity contribution in [2.75, 3.05) is 25.1 Å². The fourth-order valence-corrected chi connectivity index (χ4v) is 4.46. The van der Waals surface area contributed by atoms with Crippen molar-refractivity contribution >= 4 is 33.4 Å². The van der Waals surface area contributed by atoms with Gasteiger partial charge in [0.1, 0.15) is 0 Å². The van der Waals surface area contributed by atoms with Crippen LogP contribution in [-0.2, 0) is 4.74 Å². The lowest BCUT2D eigenvalue weighted by atomic mass is 9.89. The van der Waals surface area contributed by atoms with E-state index in [1.54, 1.807) is 31.3 Å². The van der Waals surface area contributed by atoms with Gasteiger partial charge in [-0.1, -0.05) is 25.0 Å². The molecule has 2 aliphatic rings. The van der Waals surface area contributed by atoms with Gasteiger partial charge in [-0.2, -0.15) is 0 Å². The SMILES string of the molecule is CN(C(=O)c1ccc(Br)o1)c1ccccc1C(=O)N1CCOC2CCCCC21. The highest BCUT2D eigenvalue weighted by atomic mass is 79.9. The predicted octanol–water partition coefficient (Wildman–Crippen LogP) is 4.10. The van der Waals surface area contributed by atoms with Crippen molar-refractivity contribution in [1.82, 2.24) is 4.90 Å². The number of nitrogens with zero attached hydrogens (tertiary/aromatic N) is 2. The van der Waals surface area contributed by atoms with Gasteiger partial charge in [0.2, 0.25) is 0 Å². The maximum atomic E-state index is 13.4. The molecule has 1 aromatic heterocycles. The monoisotopic (exact) mass is 446 g/mol. The summed E-state index contributed by atoms with van der Waals surface area (Å²) in [5.41, 5.74) is 1.10. The molecule has 0 spiro atoms. The molecule has 2 aromatic rings. The number of rotatable bonds is 3. The molecule has 1 saturated heterocycles. The van der Waals surface area contributed by atoms with Crippen molar-refractivity contribution in [2.24, 2.45) is 0 Å². The fourth-order valence-electron chi connectivity index (χ4n) is 4.15. The van der Waals surface area contributed by atoms with Crippen LogP contribution in [0.1, 0.15) is 46.6 Å². The van der Waals surface area contributed by atoms with Crippen LogP contribution in [0.15, 0.2) is 45.5 Å². The predicted molar refractivity (Wildman–Crippen MR) is 109 cm³/mol. The van der Waals surface area contributed by atoms with E-state index in [0.29, 0.717) is 29.1 Å². The molecule has 148 valence electrons. The molecule has 6 nitrogen and oxygen atoms in total. The molecule has 4 rings (SSSR count). The first-order chi connectivity index (χ1) is 13.6. The summed E-state index contributed by atoms with van der Waals surface area (Å²) in [5.74, 6) is -0.130. The molecule has 2 unspecified atom stereocenters. The highest BCUT2D eigenvalue weighted by Gasteiger charge is 2.37. The number of hydrogen-bond acceptors (Lipinski definition) is 4. The maximum Gasteiger partial charge on any atom is 0.293 e. The number of para-hydroxylation sites is 1. The summed E-state index contributed by atoms with van der Waals surface area (Å²) in [6, 6.07) is 10.6. The van der Waals surface area contributed by atoms with E-state index in [0.717, 1.165) is 25.7 Å². The summed E-state index contributed by atoms with van der Waals surface area (Å²) in [5, 5.41) is 0. The summed E-state index contributed by atoms with van der Waals surface area (Å²) in [4.78, 5) is 29.7. The van der Waals surface area contributed by atoms with Crippen molar-refractivity contribution < 1.29 is 18.7 Å². The minimum Gasteiger partial charge on any atom is -0.444 e. The second-order valence-corrected chi connectivity index (χ2v) is 8.03. The van der Waals surface area contributed by atoms with E-state index < -0.39 is 0 Å². The Labute approximate surface area is 172 Å². The molecule has 2 atom stereocenters. The van der Waals surface area contributed by atoms with Crippen LogP contribution in [0.4, 0.5) is 5.69 Å². The van der Waals surface area contributed by atoms with E-state index in [1.165, 1.54) is 4.90 Å². The van der Waals surface area contributed by atoms with Gasteiger partial charge in [0.15, 0.2) is 10.4 Å². The molecule has 0 N–H and O–H groups in total. The van der Waals surface area contributed by atoms with Crippen LogP contribution in [0.3, 0.4) is 0 Å². The van der Waals surface area contributed by atoms with Crippen molar-refractivity contribution in [2.45, 2.75) is 37.8 Å². The largest absolute Gasteiger partial charge is 0.444 e. The zero-order valence-electron chi connectivity index (χ0n) is 15.8. The fraction of sp³-hybridized carbons (Fsp3) is 0.429. The molecule has 2 heterocycles. The van der Waals surface area contributed by atoms with Crippen molar-refractivity contribution in [1.29, 1.82) is 0 Å². The number of morpholine rings is 1. The van der Waals surface area contributed by atoms with E-state index in [4.69, 9.17) is 9.15 Å². The third kappa shape index (κ3) is 3.61. The Bertz CT molecular complexity index is 879. The van der Waals surface area contributed by atoms with Gasteiger partial charge in [-0.3, -0.25) is 9.59 Å². The highest BCUT2D eigenvalue weighted by Crippen LogP contribution is 2.31. The van der Waals surface area contributed by atoms with Crippen molar-refractivity contribution in [3.63, 3.8) is 0 Å². The molecule has 0 radical (unpaired) electrons. The van der Waals surface area contributed by atoms with Gasteiger partial charge >= 0.3 is 0 Å². The quantitative estimate of drug-likeness (QED) is 0.711. The Morgan fingerprint density at radius 2 is 1.93 bits per heavy atom. The molecule has 0 bridgehead atoms. The first kappa shape index (κ1) is 19.2. The van der Waals surface area contributed by atoms with Crippen LogP contribution in [-0.4, -0.2) is 49.1 Å². The van der Waals surface area contributed by atoms with E-state index in [9.17, 15) is 9.59 Å². The lowest BCUT2D eigenvalue weighted by molar-refractivity contribution is -0.0752. The number of hydrogen-bond donors (Lipinski definition) is 0. The van der Waals surface area contributed by atoms with Gasteiger partial charge in [-0.15, -0.1) is 0 Å². The molecule has 7 heteroatoms. The molecule has 1 saturated carbocycles. The van der Waals surface area contributed by atoms with Gasteiger partial charge in [-0.05, 0) is 53.0 Å². The Morgan fingerprint density at radius 3 is 2.71 bits per heavy atom. The molecule has 28 heavy (non-hydrogen) atoms. The van der Waals surface area contributed by atoms with Crippen LogP contribution >= 0.6 is 15.9 Å². The van der Waals surface area contributed by atoms with Crippen LogP contribution < -0.4 is 4.90 Å². The number of ether oxygens (including phenoxy) is 1. The molecule has 1 aromatic carbocycles. The standard InChI is InChI=1S/C21H23BrN2O4/c1-23(21(26)18-10-11-19(22)28-18)15-7-3-2-6-14(15)20(25)24-12-13-27-17-9-5-4-8-16(17)24/h2-3,6-7,10-11,16-17H,4-5,8-9,12-13H2,1H3. The Morgan fingerprint density at radius 1 is 1.14 bits per heavy atom. The molecule has 2 fully saturated rings. The number of carbonyl (C=O) groups excluding carboxylic acids is 2. The van der Waals surface area contributed by atoms with Gasteiger partial charge in [0.05, 0.1) is 30.0 Å². The third-order valence-electron chi connectivity index (χ3n) is 5.58. The second-order valence-electron chi connectivity index (χ2n) is 7.24. The topological polar surface area (TPSA) is 63.0 Å². The second kappa shape index (κ2) is 8.09. The number of furan rings is 1. The lowest BCUT2D eigenvalue weighted by Crippen LogP contribution is -2.55. The van der Waals surface area contributed by atoms with Gasteiger partial charge < -0.3 is 19.0 Å². The first-order valence-corrected chi connectivity index (χ1v) is 10.4. The number of carbonyl (C=O) groups is 2. The molecular formula is C21H23BrN2O4. The lowest BCUT2D eigenvalue weighted by Gasteiger charge is -2.44. The van der Waals surface area contributed by atoms with Crippen LogP contribution in [0.5, 0.6) is 0 Å². The number of halogens is 1. The Hall–Kier alpha value is -2.12. The summed E-state index contributed by atoms with van der Waals surface area (Å²) in [7, 11) is 1.66. The number of anilines is 1. The average molecular weight is 447 g/mol. The third-order valence-corrected chi connectivity index (χ3v) is 6.00. The van der Waals surface area contributed by atoms with Gasteiger partial charge in [-0.25, -0.2) is 0 Å². The van der Waals surface area contributed by atoms with Crippen molar-refractivity contribution in [3.05, 3.63) is 52.4 Å². The summed E-state index contributed by atoms with van der Waals surface area (Å²) >= 11 is 3.22. The highest BCUT2D eigenvalue weighted by molar-refractivity contribution is 9.10. The zero-order chi connectivity index (χ0) is 19.7. The zero-order valence-corrected chi connectivity index (χ0v) is 17.4. The van der Waals surface area contributed by atoms with Crippen molar-refractivity contribution in [3.8, 4) is 0 Å². The maximum absolute atomic E-state index is 13.4. The molecule has 1 aliphatic carbocycles. The molecular weight excluding hydrogens is 424 g/mol. The average Bonchev–Trinajstić information content (AvgIpc) is 3.18. The van der Waals surface area contributed by atoms with Crippen LogP contribution in [0.25, 0.3) is 0 Å². The van der Waals surface area contributed by atoms with E-state index in [2.05, 4.69) is 15.9 Å². The van der Waals surface area contributed by atoms with E-state index in [-0.39, 0.29) is 29.7 Å². The number of amides is 2. The van der Waals surface area contributed by atoms with E-state index >= 15 is 0 Å². The number of fused-ring (bicyclic) bond motifs is 1. The smallest absolute Gasteiger partial charge is 0.293 e.